The first kappa shape index (κ1) is 64.8. The van der Waals surface area contributed by atoms with E-state index in [2.05, 4.69) is 65.4 Å². The van der Waals surface area contributed by atoms with Gasteiger partial charge in [0.25, 0.3) is 10.0 Å². The number of hydrogen-bond acceptors (Lipinski definition) is 15. The Hall–Kier alpha value is -5.71. The predicted octanol–water partition coefficient (Wildman–Crippen LogP) is 13.7. The number of nitrogens with one attached hydrogen (secondary N) is 3. The zero-order valence-corrected chi connectivity index (χ0v) is 52.5. The highest BCUT2D eigenvalue weighted by atomic mass is 35.5. The van der Waals surface area contributed by atoms with Crippen LogP contribution in [0.25, 0.3) is 44.8 Å². The maximum absolute atomic E-state index is 14.7. The summed E-state index contributed by atoms with van der Waals surface area (Å²) in [4.78, 5) is 28.6. The molecule has 17 nitrogen and oxygen atoms in total. The largest absolute Gasteiger partial charge is 0.389 e. The van der Waals surface area contributed by atoms with Crippen molar-refractivity contribution in [1.82, 2.24) is 38.9 Å². The van der Waals surface area contributed by atoms with Gasteiger partial charge in [0, 0.05) is 52.7 Å². The van der Waals surface area contributed by atoms with Gasteiger partial charge in [-0.05, 0) is 143 Å². The number of pyridine rings is 2. The average molecular weight is 1240 g/mol. The van der Waals surface area contributed by atoms with E-state index in [0.717, 1.165) is 78.7 Å². The molecule has 8 unspecified atom stereocenters. The van der Waals surface area contributed by atoms with Crippen molar-refractivity contribution in [3.8, 4) is 22.8 Å². The number of ether oxygens (including phenoxy) is 1. The summed E-state index contributed by atoms with van der Waals surface area (Å²) in [6.45, 7) is 11.7. The van der Waals surface area contributed by atoms with Crippen LogP contribution in [0.2, 0.25) is 10.0 Å². The normalized spacial score (nSPS) is 27.0. The highest BCUT2D eigenvalue weighted by Gasteiger charge is 2.52. The second-order valence-corrected chi connectivity index (χ2v) is 27.7. The van der Waals surface area contributed by atoms with E-state index in [-0.39, 0.29) is 46.1 Å². The molecule has 0 spiro atoms. The highest BCUT2D eigenvalue weighted by molar-refractivity contribution is 7.90. The molecule has 86 heavy (non-hydrogen) atoms. The first-order valence-corrected chi connectivity index (χ1v) is 32.5. The van der Waals surface area contributed by atoms with Crippen molar-refractivity contribution >= 4 is 66.9 Å². The average Bonchev–Trinajstić information content (AvgIpc) is 1.94. The minimum Gasteiger partial charge on any atom is -0.389 e. The van der Waals surface area contributed by atoms with Crippen molar-refractivity contribution in [3.63, 3.8) is 0 Å². The number of fused-ring (bicyclic) bond motifs is 3. The molecular weight excluding hydrogens is 1160 g/mol. The Balaban J connectivity index is 0.000000151. The Kier molecular flexibility index (Phi) is 20.6. The SMILES string of the molecule is CC1(O)CCCCC1N.CC1(O)CCCCC1Nc1nc(-c2c[nH]c3ncc(Cl)cc23)ncc1F.CC12CCCCC1O2.CC1=CCCCC1.Cc1ccc(S(=O)(=O)n2cc(-c3ncc(F)c(NC4CCCCC4(C)O)n3)c3cc(Cl)cnc32)cc1. The molecule has 5 fully saturated rings. The van der Waals surface area contributed by atoms with E-state index in [1.54, 1.807) is 56.1 Å². The Morgan fingerprint density at radius 1 is 0.674 bits per heavy atom. The molecule has 5 aliphatic carbocycles. The minimum absolute atomic E-state index is 0.00579. The van der Waals surface area contributed by atoms with Crippen molar-refractivity contribution in [2.24, 2.45) is 5.73 Å². The molecule has 464 valence electrons. The smallest absolute Gasteiger partial charge is 0.269 e. The number of allylic oxidation sites excluding steroid dienone is 2. The van der Waals surface area contributed by atoms with Crippen LogP contribution in [-0.4, -0.2) is 109 Å². The maximum atomic E-state index is 14.7. The van der Waals surface area contributed by atoms with E-state index in [0.29, 0.717) is 69.0 Å². The first-order chi connectivity index (χ1) is 40.8. The van der Waals surface area contributed by atoms with E-state index in [1.807, 2.05) is 13.8 Å². The zero-order valence-electron chi connectivity index (χ0n) is 50.2. The third-order valence-electron chi connectivity index (χ3n) is 17.8. The van der Waals surface area contributed by atoms with Crippen LogP contribution in [0.3, 0.4) is 0 Å². The van der Waals surface area contributed by atoms with Gasteiger partial charge in [-0.3, -0.25) is 0 Å². The van der Waals surface area contributed by atoms with Gasteiger partial charge in [0.15, 0.2) is 40.6 Å². The summed E-state index contributed by atoms with van der Waals surface area (Å²) >= 11 is 12.2. The minimum atomic E-state index is -4.01. The molecule has 1 saturated heterocycles. The second-order valence-electron chi connectivity index (χ2n) is 25.0. The summed E-state index contributed by atoms with van der Waals surface area (Å²) in [5.41, 5.74) is 7.85. The molecular formula is C64H83Cl2F2N11O6S. The quantitative estimate of drug-likeness (QED) is 0.0552. The number of benzene rings is 1. The van der Waals surface area contributed by atoms with Crippen molar-refractivity contribution in [1.29, 1.82) is 0 Å². The summed E-state index contributed by atoms with van der Waals surface area (Å²) in [6.07, 6.45) is 32.7. The number of H-pyrrole nitrogens is 1. The Labute approximate surface area is 513 Å². The van der Waals surface area contributed by atoms with Crippen LogP contribution in [0, 0.1) is 18.6 Å². The number of aromatic nitrogens is 8. The second kappa shape index (κ2) is 27.4. The van der Waals surface area contributed by atoms with Crippen molar-refractivity contribution < 1.29 is 37.3 Å². The number of epoxide rings is 1. The third-order valence-corrected chi connectivity index (χ3v) is 19.9. The molecule has 13 rings (SSSR count). The molecule has 1 aromatic carbocycles. The number of nitrogens with zero attached hydrogens (tertiary/aromatic N) is 7. The Bertz CT molecular complexity index is 3620. The number of aromatic amines is 1. The molecule has 6 aromatic heterocycles. The van der Waals surface area contributed by atoms with Crippen LogP contribution in [0.4, 0.5) is 20.4 Å². The molecule has 1 aliphatic heterocycles. The molecule has 7 aromatic rings. The molecule has 7 heterocycles. The predicted molar refractivity (Wildman–Crippen MR) is 336 cm³/mol. The molecule has 8 N–H and O–H groups in total. The maximum Gasteiger partial charge on any atom is 0.269 e. The molecule has 4 saturated carbocycles. The van der Waals surface area contributed by atoms with Crippen molar-refractivity contribution in [2.75, 3.05) is 10.6 Å². The zero-order chi connectivity index (χ0) is 61.6. The van der Waals surface area contributed by atoms with E-state index in [4.69, 9.17) is 33.7 Å². The van der Waals surface area contributed by atoms with E-state index in [1.165, 1.54) is 82.3 Å². The lowest BCUT2D eigenvalue weighted by Gasteiger charge is -2.37. The standard InChI is InChI=1S/C25H25ClFN5O3S.C18H19ClFN5O.C7H15NO.C7H12O.C7H12/c1-15-6-8-17(9-7-15)36(34,35)32-14-19(18-11-16(26)12-29-24(18)32)22-28-13-20(27)23(31-22)30-21-5-3-4-10-25(21,2)33;1-18(26)5-3-2-4-14(18)24-17-13(20)9-23-16(25-17)12-8-22-15-11(12)6-10(19)7-21-15;1-7(9)5-3-2-4-6(7)8;1-7-5-3-2-4-6(7)8-7;1-7-5-3-2-4-6-7/h6-9,11-14,21,33H,3-5,10H2,1-2H3,(H,28,30,31);6-9,14,26H,2-5H2,1H3,(H,21,22)(H,23,24,25);6,9H,2-5,8H2,1H3;6H,2-5H2,1H3;5H,2-4,6H2,1H3. The van der Waals surface area contributed by atoms with Gasteiger partial charge in [-0.1, -0.05) is 104 Å². The van der Waals surface area contributed by atoms with Gasteiger partial charge in [-0.2, -0.15) is 0 Å². The molecule has 22 heteroatoms. The topological polar surface area (TPSA) is 255 Å². The summed E-state index contributed by atoms with van der Waals surface area (Å²) in [6, 6.07) is 9.18. The van der Waals surface area contributed by atoms with Gasteiger partial charge in [-0.15, -0.1) is 0 Å². The molecule has 0 bridgehead atoms. The first-order valence-electron chi connectivity index (χ1n) is 30.3. The molecule has 8 atom stereocenters. The third kappa shape index (κ3) is 15.8. The lowest BCUT2D eigenvalue weighted by molar-refractivity contribution is 0.00354. The molecule has 0 amide bonds. The van der Waals surface area contributed by atoms with Crippen LogP contribution in [0.5, 0.6) is 0 Å². The fraction of sp³-hybridized carbons (Fsp3) is 0.531. The number of hydrogen-bond donors (Lipinski definition) is 7. The van der Waals surface area contributed by atoms with Crippen LogP contribution in [0.15, 0.2) is 90.1 Å². The summed E-state index contributed by atoms with van der Waals surface area (Å²) in [5.74, 6) is -0.740. The highest BCUT2D eigenvalue weighted by Crippen LogP contribution is 2.47. The fourth-order valence-electron chi connectivity index (χ4n) is 12.0. The lowest BCUT2D eigenvalue weighted by Crippen LogP contribution is -2.47. The monoisotopic (exact) mass is 1240 g/mol. The van der Waals surface area contributed by atoms with Gasteiger partial charge in [0.2, 0.25) is 0 Å². The van der Waals surface area contributed by atoms with Gasteiger partial charge in [0.05, 0.1) is 67.9 Å². The fourth-order valence-corrected chi connectivity index (χ4v) is 13.7. The number of rotatable bonds is 8. The summed E-state index contributed by atoms with van der Waals surface area (Å²) in [7, 11) is -4.01. The Morgan fingerprint density at radius 2 is 1.22 bits per heavy atom. The van der Waals surface area contributed by atoms with E-state index < -0.39 is 38.5 Å². The van der Waals surface area contributed by atoms with Crippen molar-refractivity contribution in [3.05, 3.63) is 112 Å². The summed E-state index contributed by atoms with van der Waals surface area (Å²) in [5, 5.41) is 38.9. The molecule has 6 aliphatic rings. The number of aryl methyl sites for hydroxylation is 1. The number of nitrogens with two attached hydrogens (primary N) is 1. The van der Waals surface area contributed by atoms with Crippen LogP contribution in [0.1, 0.15) is 169 Å². The lowest BCUT2D eigenvalue weighted by atomic mass is 9.82. The van der Waals surface area contributed by atoms with Crippen molar-refractivity contribution in [2.45, 2.75) is 221 Å². The van der Waals surface area contributed by atoms with Crippen LogP contribution < -0.4 is 16.4 Å². The number of halogens is 4. The van der Waals surface area contributed by atoms with Gasteiger partial charge < -0.3 is 41.4 Å². The van der Waals surface area contributed by atoms with Gasteiger partial charge in [-0.25, -0.2) is 51.1 Å². The Morgan fingerprint density at radius 3 is 1.72 bits per heavy atom. The van der Waals surface area contributed by atoms with Crippen LogP contribution >= 0.6 is 23.2 Å². The number of aliphatic hydroxyl groups is 3. The van der Waals surface area contributed by atoms with Crippen LogP contribution in [-0.2, 0) is 14.8 Å². The van der Waals surface area contributed by atoms with E-state index >= 15 is 0 Å². The molecule has 0 radical (unpaired) electrons. The summed E-state index contributed by atoms with van der Waals surface area (Å²) < 4.78 is 62.5. The van der Waals surface area contributed by atoms with Gasteiger partial charge >= 0.3 is 0 Å². The number of anilines is 2. The van der Waals surface area contributed by atoms with E-state index in [9.17, 15) is 32.5 Å². The van der Waals surface area contributed by atoms with Gasteiger partial charge in [0.1, 0.15) is 5.65 Å².